The Labute approximate surface area is 174 Å². The number of nitrogens with zero attached hydrogens (tertiary/aromatic N) is 1. The molecule has 6 heteroatoms. The Morgan fingerprint density at radius 2 is 1.77 bits per heavy atom. The Kier molecular flexibility index (Phi) is 5.48. The van der Waals surface area contributed by atoms with Crippen molar-refractivity contribution in [1.29, 1.82) is 0 Å². The molecule has 1 aliphatic heterocycles. The SMILES string of the molecule is Cc1cccc(Oc2ccc(NC(=O)[C@@H]3CC(=O)N(c4ccc(F)cc4)C3)cc2)c1. The highest BCUT2D eigenvalue weighted by atomic mass is 19.1. The van der Waals surface area contributed by atoms with E-state index in [1.807, 2.05) is 31.2 Å². The fourth-order valence-electron chi connectivity index (χ4n) is 3.42. The average molecular weight is 404 g/mol. The first-order valence-electron chi connectivity index (χ1n) is 9.69. The second kappa shape index (κ2) is 8.37. The summed E-state index contributed by atoms with van der Waals surface area (Å²) in [5.41, 5.74) is 2.33. The van der Waals surface area contributed by atoms with E-state index in [9.17, 15) is 14.0 Å². The number of aryl methyl sites for hydroxylation is 1. The maximum Gasteiger partial charge on any atom is 0.229 e. The molecule has 0 aliphatic carbocycles. The van der Waals surface area contributed by atoms with Gasteiger partial charge in [-0.15, -0.1) is 0 Å². The van der Waals surface area contributed by atoms with Gasteiger partial charge in [0.25, 0.3) is 0 Å². The molecule has 0 bridgehead atoms. The zero-order valence-electron chi connectivity index (χ0n) is 16.5. The summed E-state index contributed by atoms with van der Waals surface area (Å²) in [6, 6.07) is 20.5. The quantitative estimate of drug-likeness (QED) is 0.657. The summed E-state index contributed by atoms with van der Waals surface area (Å²) in [5.74, 6) is 0.207. The topological polar surface area (TPSA) is 58.6 Å². The minimum Gasteiger partial charge on any atom is -0.457 e. The predicted octanol–water partition coefficient (Wildman–Crippen LogP) is 4.92. The van der Waals surface area contributed by atoms with Gasteiger partial charge in [0.1, 0.15) is 17.3 Å². The highest BCUT2D eigenvalue weighted by Crippen LogP contribution is 2.27. The first-order chi connectivity index (χ1) is 14.5. The molecular formula is C24H21FN2O3. The summed E-state index contributed by atoms with van der Waals surface area (Å²) in [4.78, 5) is 26.4. The zero-order chi connectivity index (χ0) is 21.1. The number of benzene rings is 3. The molecule has 4 rings (SSSR count). The molecule has 3 aromatic rings. The van der Waals surface area contributed by atoms with Crippen LogP contribution in [0.25, 0.3) is 0 Å². The Balaban J connectivity index is 1.37. The molecule has 1 atom stereocenters. The lowest BCUT2D eigenvalue weighted by Crippen LogP contribution is -2.28. The minimum absolute atomic E-state index is 0.123. The summed E-state index contributed by atoms with van der Waals surface area (Å²) in [6.45, 7) is 2.27. The van der Waals surface area contributed by atoms with Crippen molar-refractivity contribution in [2.75, 3.05) is 16.8 Å². The highest BCUT2D eigenvalue weighted by Gasteiger charge is 2.35. The van der Waals surface area contributed by atoms with E-state index in [0.717, 1.165) is 11.3 Å². The number of anilines is 2. The van der Waals surface area contributed by atoms with E-state index in [1.54, 1.807) is 36.4 Å². The van der Waals surface area contributed by atoms with E-state index in [4.69, 9.17) is 4.74 Å². The van der Waals surface area contributed by atoms with Gasteiger partial charge in [0.15, 0.2) is 0 Å². The fourth-order valence-corrected chi connectivity index (χ4v) is 3.42. The van der Waals surface area contributed by atoms with Crippen LogP contribution in [0, 0.1) is 18.7 Å². The van der Waals surface area contributed by atoms with Crippen LogP contribution in [-0.2, 0) is 9.59 Å². The number of carbonyl (C=O) groups is 2. The van der Waals surface area contributed by atoms with Crippen molar-refractivity contribution >= 4 is 23.2 Å². The van der Waals surface area contributed by atoms with Gasteiger partial charge < -0.3 is 15.0 Å². The molecule has 3 aromatic carbocycles. The van der Waals surface area contributed by atoms with Gasteiger partial charge in [-0.2, -0.15) is 0 Å². The number of nitrogens with one attached hydrogen (secondary N) is 1. The second-order valence-electron chi connectivity index (χ2n) is 7.31. The summed E-state index contributed by atoms with van der Waals surface area (Å²) < 4.78 is 18.9. The van der Waals surface area contributed by atoms with E-state index < -0.39 is 5.92 Å². The molecule has 5 nitrogen and oxygen atoms in total. The van der Waals surface area contributed by atoms with Gasteiger partial charge >= 0.3 is 0 Å². The molecule has 152 valence electrons. The molecule has 0 unspecified atom stereocenters. The van der Waals surface area contributed by atoms with Gasteiger partial charge in [0.2, 0.25) is 11.8 Å². The molecule has 1 fully saturated rings. The monoisotopic (exact) mass is 404 g/mol. The van der Waals surface area contributed by atoms with Crippen LogP contribution in [0.4, 0.5) is 15.8 Å². The predicted molar refractivity (Wildman–Crippen MR) is 113 cm³/mol. The Morgan fingerprint density at radius 1 is 1.03 bits per heavy atom. The van der Waals surface area contributed by atoms with Gasteiger partial charge in [-0.05, 0) is 73.2 Å². The Hall–Kier alpha value is -3.67. The van der Waals surface area contributed by atoms with Crippen molar-refractivity contribution in [2.45, 2.75) is 13.3 Å². The number of hydrogen-bond acceptors (Lipinski definition) is 3. The lowest BCUT2D eigenvalue weighted by molar-refractivity contribution is -0.122. The zero-order valence-corrected chi connectivity index (χ0v) is 16.5. The number of hydrogen-bond donors (Lipinski definition) is 1. The third kappa shape index (κ3) is 4.49. The van der Waals surface area contributed by atoms with Gasteiger partial charge in [-0.1, -0.05) is 12.1 Å². The van der Waals surface area contributed by atoms with Crippen LogP contribution in [0.15, 0.2) is 72.8 Å². The number of rotatable bonds is 5. The van der Waals surface area contributed by atoms with E-state index in [1.165, 1.54) is 17.0 Å². The van der Waals surface area contributed by atoms with Crippen LogP contribution in [0.5, 0.6) is 11.5 Å². The van der Waals surface area contributed by atoms with Gasteiger partial charge in [-0.3, -0.25) is 9.59 Å². The molecule has 2 amide bonds. The van der Waals surface area contributed by atoms with Crippen LogP contribution in [0.3, 0.4) is 0 Å². The van der Waals surface area contributed by atoms with Crippen LogP contribution < -0.4 is 15.0 Å². The first-order valence-corrected chi connectivity index (χ1v) is 9.69. The van der Waals surface area contributed by atoms with E-state index in [0.29, 0.717) is 17.1 Å². The van der Waals surface area contributed by atoms with Crippen LogP contribution in [0.2, 0.25) is 0 Å². The minimum atomic E-state index is -0.467. The number of halogens is 1. The van der Waals surface area contributed by atoms with Crippen LogP contribution in [-0.4, -0.2) is 18.4 Å². The average Bonchev–Trinajstić information content (AvgIpc) is 3.12. The second-order valence-corrected chi connectivity index (χ2v) is 7.31. The molecule has 1 saturated heterocycles. The number of carbonyl (C=O) groups excluding carboxylic acids is 2. The van der Waals surface area contributed by atoms with Crippen molar-refractivity contribution in [3.8, 4) is 11.5 Å². The van der Waals surface area contributed by atoms with Crippen molar-refractivity contribution in [3.63, 3.8) is 0 Å². The van der Waals surface area contributed by atoms with Crippen LogP contribution >= 0.6 is 0 Å². The molecule has 0 spiro atoms. The largest absolute Gasteiger partial charge is 0.457 e. The normalized spacial score (nSPS) is 15.9. The molecule has 0 aromatic heterocycles. The van der Waals surface area contributed by atoms with Crippen LogP contribution in [0.1, 0.15) is 12.0 Å². The van der Waals surface area contributed by atoms with Crippen molar-refractivity contribution in [1.82, 2.24) is 0 Å². The Bertz CT molecular complexity index is 1060. The number of amides is 2. The summed E-state index contributed by atoms with van der Waals surface area (Å²) >= 11 is 0. The van der Waals surface area contributed by atoms with Gasteiger partial charge in [-0.25, -0.2) is 4.39 Å². The Morgan fingerprint density at radius 3 is 2.47 bits per heavy atom. The van der Waals surface area contributed by atoms with Crippen molar-refractivity contribution < 1.29 is 18.7 Å². The molecule has 0 radical (unpaired) electrons. The lowest BCUT2D eigenvalue weighted by Gasteiger charge is -2.16. The highest BCUT2D eigenvalue weighted by molar-refractivity contribution is 6.03. The van der Waals surface area contributed by atoms with Gasteiger partial charge in [0.05, 0.1) is 5.92 Å². The fraction of sp³-hybridized carbons (Fsp3) is 0.167. The van der Waals surface area contributed by atoms with E-state index in [-0.39, 0.29) is 30.6 Å². The summed E-state index contributed by atoms with van der Waals surface area (Å²) in [7, 11) is 0. The van der Waals surface area contributed by atoms with E-state index in [2.05, 4.69) is 5.32 Å². The molecule has 1 aliphatic rings. The molecule has 30 heavy (non-hydrogen) atoms. The molecule has 0 saturated carbocycles. The maximum absolute atomic E-state index is 13.1. The molecule has 1 heterocycles. The van der Waals surface area contributed by atoms with Crippen molar-refractivity contribution in [2.24, 2.45) is 5.92 Å². The molecular weight excluding hydrogens is 383 g/mol. The lowest BCUT2D eigenvalue weighted by atomic mass is 10.1. The smallest absolute Gasteiger partial charge is 0.229 e. The van der Waals surface area contributed by atoms with Crippen molar-refractivity contribution in [3.05, 3.63) is 84.2 Å². The third-order valence-electron chi connectivity index (χ3n) is 4.98. The maximum atomic E-state index is 13.1. The summed E-state index contributed by atoms with van der Waals surface area (Å²) in [6.07, 6.45) is 0.123. The standard InChI is InChI=1S/C24H21FN2O3/c1-16-3-2-4-22(13-16)30-21-11-7-19(8-12-21)26-24(29)17-14-23(28)27(15-17)20-9-5-18(25)6-10-20/h2-13,17H,14-15H2,1H3,(H,26,29)/t17-/m1/s1. The third-order valence-corrected chi connectivity index (χ3v) is 4.98. The summed E-state index contributed by atoms with van der Waals surface area (Å²) in [5, 5.41) is 2.85. The first kappa shape index (κ1) is 19.6. The van der Waals surface area contributed by atoms with Gasteiger partial charge in [0, 0.05) is 24.3 Å². The van der Waals surface area contributed by atoms with E-state index >= 15 is 0 Å². The number of ether oxygens (including phenoxy) is 1. The molecule has 1 N–H and O–H groups in total.